The molecule has 3 heteroatoms. The Balaban J connectivity index is 1.71. The summed E-state index contributed by atoms with van der Waals surface area (Å²) < 4.78 is 0. The molecule has 33 heavy (non-hydrogen) atoms. The maximum atomic E-state index is 4.26. The van der Waals surface area contributed by atoms with Crippen LogP contribution in [0.4, 0.5) is 0 Å². The van der Waals surface area contributed by atoms with Crippen molar-refractivity contribution >= 4 is 41.4 Å². The topological polar surface area (TPSA) is 25.8 Å². The highest BCUT2D eigenvalue weighted by Gasteiger charge is 2.17. The number of fused-ring (bicyclic) bond motifs is 2. The van der Waals surface area contributed by atoms with Gasteiger partial charge < -0.3 is 0 Å². The molecule has 0 saturated carbocycles. The third-order valence-electron chi connectivity index (χ3n) is 6.02. The summed E-state index contributed by atoms with van der Waals surface area (Å²) >= 11 is 0. The molecule has 0 spiro atoms. The Morgan fingerprint density at radius 3 is 1.55 bits per heavy atom. The highest BCUT2D eigenvalue weighted by atomic mass is 28.2. The van der Waals surface area contributed by atoms with E-state index >= 15 is 0 Å². The van der Waals surface area contributed by atoms with Crippen LogP contribution in [0.25, 0.3) is 43.8 Å². The van der Waals surface area contributed by atoms with Gasteiger partial charge in [-0.15, -0.1) is 0 Å². The lowest BCUT2D eigenvalue weighted by Gasteiger charge is -2.18. The Morgan fingerprint density at radius 2 is 0.939 bits per heavy atom. The van der Waals surface area contributed by atoms with E-state index in [4.69, 9.17) is 0 Å². The van der Waals surface area contributed by atoms with Crippen LogP contribution in [0.15, 0.2) is 122 Å². The number of rotatable bonds is 4. The van der Waals surface area contributed by atoms with Gasteiger partial charge in [-0.25, -0.2) is 0 Å². The van der Waals surface area contributed by atoms with Crippen LogP contribution in [0.5, 0.6) is 0 Å². The largest absolute Gasteiger partial charge is 0.265 e. The lowest BCUT2D eigenvalue weighted by Crippen LogP contribution is -2.26. The van der Waals surface area contributed by atoms with E-state index in [9.17, 15) is 0 Å². The molecule has 154 valence electrons. The molecule has 2 nitrogen and oxygen atoms in total. The van der Waals surface area contributed by atoms with Gasteiger partial charge in [0.2, 0.25) is 0 Å². The Kier molecular flexibility index (Phi) is 5.02. The Morgan fingerprint density at radius 1 is 0.424 bits per heavy atom. The van der Waals surface area contributed by atoms with Crippen molar-refractivity contribution in [3.63, 3.8) is 0 Å². The van der Waals surface area contributed by atoms with Crippen LogP contribution in [-0.4, -0.2) is 19.5 Å². The number of hydrogen-bond donors (Lipinski definition) is 0. The molecule has 2 radical (unpaired) electrons. The second-order valence-electron chi connectivity index (χ2n) is 8.02. The van der Waals surface area contributed by atoms with Crippen LogP contribution in [0, 0.1) is 0 Å². The molecule has 0 amide bonds. The van der Waals surface area contributed by atoms with Crippen molar-refractivity contribution in [3.8, 4) is 22.3 Å². The molecule has 4 aromatic carbocycles. The molecule has 0 N–H and O–H groups in total. The standard InChI is InChI=1S/C30H20N2Si/c1-2-6-23(7-3-1)33-24-10-11-27-28(20-24)30(22-14-18-32-19-15-22)26-9-5-4-8-25(26)29(27)21-12-16-31-17-13-21/h1-20H. The van der Waals surface area contributed by atoms with E-state index in [1.165, 1.54) is 54.2 Å². The molecular weight excluding hydrogens is 416 g/mol. The van der Waals surface area contributed by atoms with E-state index in [1.54, 1.807) is 0 Å². The predicted octanol–water partition coefficient (Wildman–Crippen LogP) is 5.77. The Bertz CT molecular complexity index is 1560. The zero-order valence-corrected chi connectivity index (χ0v) is 18.9. The van der Waals surface area contributed by atoms with Gasteiger partial charge in [0.15, 0.2) is 0 Å². The number of hydrogen-bond acceptors (Lipinski definition) is 2. The van der Waals surface area contributed by atoms with Crippen molar-refractivity contribution in [2.24, 2.45) is 0 Å². The van der Waals surface area contributed by atoms with Crippen molar-refractivity contribution in [1.82, 2.24) is 9.97 Å². The van der Waals surface area contributed by atoms with Crippen molar-refractivity contribution in [2.45, 2.75) is 0 Å². The number of nitrogens with zero attached hydrogens (tertiary/aromatic N) is 2. The fraction of sp³-hybridized carbons (Fsp3) is 0. The molecule has 2 heterocycles. The first kappa shape index (κ1) is 19.6. The molecule has 6 rings (SSSR count). The number of pyridine rings is 2. The van der Waals surface area contributed by atoms with E-state index in [0.717, 1.165) is 0 Å². The summed E-state index contributed by atoms with van der Waals surface area (Å²) in [6.07, 6.45) is 7.50. The fourth-order valence-electron chi connectivity index (χ4n) is 4.60. The van der Waals surface area contributed by atoms with Gasteiger partial charge in [-0.05, 0) is 68.1 Å². The van der Waals surface area contributed by atoms with Gasteiger partial charge in [-0.3, -0.25) is 9.97 Å². The number of aromatic nitrogens is 2. The first-order chi connectivity index (χ1) is 16.4. The van der Waals surface area contributed by atoms with Crippen LogP contribution < -0.4 is 10.4 Å². The molecule has 0 bridgehead atoms. The first-order valence-corrected chi connectivity index (χ1v) is 12.0. The van der Waals surface area contributed by atoms with E-state index in [2.05, 4.69) is 107 Å². The molecule has 0 aliphatic heterocycles. The van der Waals surface area contributed by atoms with Gasteiger partial charge in [0.1, 0.15) is 9.52 Å². The minimum Gasteiger partial charge on any atom is -0.265 e. The monoisotopic (exact) mass is 436 g/mol. The number of benzene rings is 4. The van der Waals surface area contributed by atoms with E-state index < -0.39 is 0 Å². The zero-order valence-electron chi connectivity index (χ0n) is 17.9. The maximum absolute atomic E-state index is 4.26. The lowest BCUT2D eigenvalue weighted by molar-refractivity contribution is 1.33. The molecular formula is C30H20N2Si. The van der Waals surface area contributed by atoms with E-state index in [-0.39, 0.29) is 0 Å². The molecule has 0 aliphatic carbocycles. The van der Waals surface area contributed by atoms with Gasteiger partial charge in [-0.2, -0.15) is 0 Å². The summed E-state index contributed by atoms with van der Waals surface area (Å²) in [6, 6.07) is 34.8. The zero-order chi connectivity index (χ0) is 22.0. The Labute approximate surface area is 195 Å². The molecule has 6 aromatic rings. The first-order valence-electron chi connectivity index (χ1n) is 11.0. The average molecular weight is 437 g/mol. The fourth-order valence-corrected chi connectivity index (χ4v) is 5.68. The third-order valence-corrected chi connectivity index (χ3v) is 7.25. The molecule has 0 atom stereocenters. The van der Waals surface area contributed by atoms with E-state index in [0.29, 0.717) is 9.52 Å². The summed E-state index contributed by atoms with van der Waals surface area (Å²) in [5.41, 5.74) is 4.90. The van der Waals surface area contributed by atoms with Crippen molar-refractivity contribution in [2.75, 3.05) is 0 Å². The van der Waals surface area contributed by atoms with E-state index in [1.807, 2.05) is 24.8 Å². The molecule has 0 aliphatic rings. The molecule has 0 unspecified atom stereocenters. The van der Waals surface area contributed by atoms with Crippen LogP contribution in [-0.2, 0) is 0 Å². The van der Waals surface area contributed by atoms with Gasteiger partial charge in [0.25, 0.3) is 0 Å². The quantitative estimate of drug-likeness (QED) is 0.259. The highest BCUT2D eigenvalue weighted by molar-refractivity contribution is 6.67. The van der Waals surface area contributed by atoms with Crippen molar-refractivity contribution in [3.05, 3.63) is 122 Å². The second kappa shape index (κ2) is 8.45. The summed E-state index contributed by atoms with van der Waals surface area (Å²) in [5, 5.41) is 7.71. The second-order valence-corrected chi connectivity index (χ2v) is 9.42. The lowest BCUT2D eigenvalue weighted by atomic mass is 9.86. The van der Waals surface area contributed by atoms with Crippen molar-refractivity contribution < 1.29 is 0 Å². The SMILES string of the molecule is c1ccc([Si]c2ccc3c(-c4ccncc4)c4ccccc4c(-c4ccncc4)c3c2)cc1. The average Bonchev–Trinajstić information content (AvgIpc) is 2.89. The highest BCUT2D eigenvalue weighted by Crippen LogP contribution is 2.42. The molecule has 2 aromatic heterocycles. The van der Waals surface area contributed by atoms with Gasteiger partial charge in [0, 0.05) is 24.8 Å². The third kappa shape index (κ3) is 3.63. The molecule has 0 fully saturated rings. The molecule has 0 saturated heterocycles. The van der Waals surface area contributed by atoms with Crippen LogP contribution >= 0.6 is 0 Å². The van der Waals surface area contributed by atoms with Crippen molar-refractivity contribution in [1.29, 1.82) is 0 Å². The van der Waals surface area contributed by atoms with Crippen LogP contribution in [0.2, 0.25) is 0 Å². The normalized spacial score (nSPS) is 11.2. The predicted molar refractivity (Wildman–Crippen MR) is 139 cm³/mol. The smallest absolute Gasteiger partial charge is 0.121 e. The summed E-state index contributed by atoms with van der Waals surface area (Å²) in [6.45, 7) is 0. The minimum absolute atomic E-state index is 0.612. The summed E-state index contributed by atoms with van der Waals surface area (Å²) in [5.74, 6) is 0. The minimum atomic E-state index is 0.612. The van der Waals surface area contributed by atoms with Crippen LogP contribution in [0.3, 0.4) is 0 Å². The summed E-state index contributed by atoms with van der Waals surface area (Å²) in [7, 11) is 0.612. The van der Waals surface area contributed by atoms with Gasteiger partial charge in [0.05, 0.1) is 0 Å². The Hall–Kier alpha value is -4.08. The summed E-state index contributed by atoms with van der Waals surface area (Å²) in [4.78, 5) is 8.52. The van der Waals surface area contributed by atoms with Gasteiger partial charge in [-0.1, -0.05) is 83.2 Å². The maximum Gasteiger partial charge on any atom is 0.121 e. The van der Waals surface area contributed by atoms with Crippen LogP contribution in [0.1, 0.15) is 0 Å². The van der Waals surface area contributed by atoms with Gasteiger partial charge >= 0.3 is 0 Å².